The van der Waals surface area contributed by atoms with Gasteiger partial charge in [-0.15, -0.1) is 0 Å². The molecule has 5 aliphatic rings. The summed E-state index contributed by atoms with van der Waals surface area (Å²) in [6.45, 7) is 0. The van der Waals surface area contributed by atoms with Gasteiger partial charge in [0.25, 0.3) is 0 Å². The topological polar surface area (TPSA) is 49.4 Å². The van der Waals surface area contributed by atoms with Crippen molar-refractivity contribution in [2.45, 2.75) is 0 Å². The van der Waals surface area contributed by atoms with Crippen LogP contribution in [0.15, 0.2) is 238 Å². The minimum absolute atomic E-state index is 0.845. The van der Waals surface area contributed by atoms with Crippen molar-refractivity contribution in [1.29, 1.82) is 0 Å². The number of aliphatic imine (C=N–C) groups is 4. The Balaban J connectivity index is 1.22. The molecule has 0 unspecified atom stereocenters. The number of benzene rings is 8. The maximum Gasteiger partial charge on any atom is 0.0744 e. The first-order valence-electron chi connectivity index (χ1n) is 21.7. The number of nitrogens with zero attached hydrogens (tertiary/aromatic N) is 4. The van der Waals surface area contributed by atoms with Gasteiger partial charge in [0.1, 0.15) is 0 Å². The van der Waals surface area contributed by atoms with Crippen molar-refractivity contribution in [3.63, 3.8) is 0 Å². The number of hydrogen-bond donors (Lipinski definition) is 0. The van der Waals surface area contributed by atoms with Gasteiger partial charge in [0.2, 0.25) is 0 Å². The third-order valence-corrected chi connectivity index (χ3v) is 12.8. The Morgan fingerprint density at radius 2 is 0.438 bits per heavy atom. The van der Waals surface area contributed by atoms with Crippen LogP contribution < -0.4 is 0 Å². The van der Waals surface area contributed by atoms with Crippen LogP contribution in [0.1, 0.15) is 44.5 Å². The summed E-state index contributed by atoms with van der Waals surface area (Å²) in [6, 6.07) is 68.9. The number of fused-ring (bicyclic) bond motifs is 16. The molecule has 0 saturated carbocycles. The molecule has 0 saturated heterocycles. The molecule has 8 aromatic rings. The Morgan fingerprint density at radius 1 is 0.188 bits per heavy atom. The van der Waals surface area contributed by atoms with Crippen LogP contribution in [-0.4, -0.2) is 22.8 Å². The third-order valence-electron chi connectivity index (χ3n) is 12.8. The van der Waals surface area contributed by atoms with Crippen LogP contribution in [0.2, 0.25) is 0 Å². The molecule has 0 amide bonds. The molecular weight excluding hydrogens is 777 g/mol. The quantitative estimate of drug-likeness (QED) is 0.170. The van der Waals surface area contributed by atoms with Gasteiger partial charge in [-0.2, -0.15) is 0 Å². The van der Waals surface area contributed by atoms with Gasteiger partial charge >= 0.3 is 0 Å². The first kappa shape index (κ1) is 36.1. The van der Waals surface area contributed by atoms with Crippen LogP contribution in [0.4, 0.5) is 0 Å². The van der Waals surface area contributed by atoms with Gasteiger partial charge in [-0.3, -0.25) is 0 Å². The standard InChI is InChI=1S/C60H36N4/c1-5-19-37(20-6-1)55-56(38-21-7-2-8-22-38)58(40-25-11-4-12-26-40)60-54-36-52-46-32-18-16-30-44(46)50(63-52)34-48-42-28-14-13-27-41(42)47(61-48)33-49-43-29-15-17-31-45(43)51(62-49)35-53(64-54)59(60)57(55)39-23-9-3-10-24-39/h1-36H. The van der Waals surface area contributed by atoms with E-state index in [2.05, 4.69) is 218 Å². The SMILES string of the molecule is C1=C2N=C(C=C3N=C(C=C4N=C(C=C5N=C1c1ccccc15)c1c4c(-c4ccccc4)c(-c4ccccc4)c(-c4ccccc4)c1-c1ccccc1)c1ccccc13)c1ccccc12. The predicted molar refractivity (Wildman–Crippen MR) is 266 cm³/mol. The molecule has 0 N–H and O–H groups in total. The molecule has 0 atom stereocenters. The fraction of sp³-hybridized carbons (Fsp3) is 0. The number of hydrogen-bond acceptors (Lipinski definition) is 4. The first-order chi connectivity index (χ1) is 31.7. The second-order valence-corrected chi connectivity index (χ2v) is 16.5. The molecule has 4 nitrogen and oxygen atoms in total. The monoisotopic (exact) mass is 812 g/mol. The van der Waals surface area contributed by atoms with Gasteiger partial charge < -0.3 is 0 Å². The minimum Gasteiger partial charge on any atom is -0.248 e. The van der Waals surface area contributed by atoms with E-state index in [1.165, 1.54) is 0 Å². The second-order valence-electron chi connectivity index (χ2n) is 16.5. The van der Waals surface area contributed by atoms with Gasteiger partial charge in [0.15, 0.2) is 0 Å². The lowest BCUT2D eigenvalue weighted by Gasteiger charge is -2.26. The molecule has 0 aromatic heterocycles. The normalized spacial score (nSPS) is 15.0. The van der Waals surface area contributed by atoms with Crippen molar-refractivity contribution in [3.05, 3.63) is 263 Å². The predicted octanol–water partition coefficient (Wildman–Crippen LogP) is 14.0. The van der Waals surface area contributed by atoms with E-state index in [-0.39, 0.29) is 0 Å². The highest BCUT2D eigenvalue weighted by atomic mass is 14.9. The summed E-state index contributed by atoms with van der Waals surface area (Å²) >= 11 is 0. The first-order valence-corrected chi connectivity index (χ1v) is 21.7. The van der Waals surface area contributed by atoms with Crippen LogP contribution in [-0.2, 0) is 0 Å². The molecule has 0 fully saturated rings. The van der Waals surface area contributed by atoms with Crippen molar-refractivity contribution < 1.29 is 0 Å². The molecule has 0 aliphatic carbocycles. The van der Waals surface area contributed by atoms with E-state index in [1.807, 2.05) is 0 Å². The van der Waals surface area contributed by atoms with E-state index in [0.717, 1.165) is 135 Å². The van der Waals surface area contributed by atoms with Crippen molar-refractivity contribution in [3.8, 4) is 44.5 Å². The highest BCUT2D eigenvalue weighted by Crippen LogP contribution is 2.54. The average molecular weight is 813 g/mol. The van der Waals surface area contributed by atoms with Crippen molar-refractivity contribution >= 4 is 45.6 Å². The van der Waals surface area contributed by atoms with Gasteiger partial charge in [0.05, 0.1) is 45.6 Å². The van der Waals surface area contributed by atoms with E-state index in [1.54, 1.807) is 0 Å². The van der Waals surface area contributed by atoms with Crippen LogP contribution in [0.3, 0.4) is 0 Å². The Hall–Kier alpha value is -8.60. The molecule has 0 radical (unpaired) electrons. The molecular formula is C60H36N4. The van der Waals surface area contributed by atoms with E-state index >= 15 is 0 Å². The van der Waals surface area contributed by atoms with Crippen LogP contribution >= 0.6 is 0 Å². The van der Waals surface area contributed by atoms with E-state index < -0.39 is 0 Å². The Morgan fingerprint density at radius 3 is 0.797 bits per heavy atom. The zero-order valence-electron chi connectivity index (χ0n) is 34.6. The highest BCUT2D eigenvalue weighted by Gasteiger charge is 2.35. The second kappa shape index (κ2) is 14.5. The molecule has 8 aromatic carbocycles. The average Bonchev–Trinajstić information content (AvgIpc) is 4.10. The van der Waals surface area contributed by atoms with Gasteiger partial charge in [-0.25, -0.2) is 20.0 Å². The zero-order valence-corrected chi connectivity index (χ0v) is 34.6. The Bertz CT molecular complexity index is 3550. The fourth-order valence-corrected chi connectivity index (χ4v) is 10.0. The summed E-state index contributed by atoms with van der Waals surface area (Å²) in [7, 11) is 0. The minimum atomic E-state index is 0.845. The fourth-order valence-electron chi connectivity index (χ4n) is 10.0. The summed E-state index contributed by atoms with van der Waals surface area (Å²) < 4.78 is 0. The highest BCUT2D eigenvalue weighted by molar-refractivity contribution is 6.32. The number of rotatable bonds is 4. The van der Waals surface area contributed by atoms with E-state index in [9.17, 15) is 0 Å². The zero-order chi connectivity index (χ0) is 42.1. The lowest BCUT2D eigenvalue weighted by atomic mass is 9.76. The number of allylic oxidation sites excluding steroid dienone is 4. The molecule has 5 heterocycles. The van der Waals surface area contributed by atoms with Gasteiger partial charge in [0, 0.05) is 55.6 Å². The maximum absolute atomic E-state index is 5.77. The smallest absolute Gasteiger partial charge is 0.0744 e. The van der Waals surface area contributed by atoms with Crippen molar-refractivity contribution in [1.82, 2.24) is 0 Å². The molecule has 13 rings (SSSR count). The lowest BCUT2D eigenvalue weighted by molar-refractivity contribution is 1.50. The molecule has 0 spiro atoms. The van der Waals surface area contributed by atoms with Crippen LogP contribution in [0, 0.1) is 0 Å². The van der Waals surface area contributed by atoms with Crippen LogP contribution in [0.5, 0.6) is 0 Å². The summed E-state index contributed by atoms with van der Waals surface area (Å²) in [4.78, 5) is 22.0. The maximum atomic E-state index is 5.77. The van der Waals surface area contributed by atoms with Crippen molar-refractivity contribution in [2.75, 3.05) is 0 Å². The summed E-state index contributed by atoms with van der Waals surface area (Å²) in [6.07, 6.45) is 8.71. The lowest BCUT2D eigenvalue weighted by Crippen LogP contribution is -2.06. The Labute approximate surface area is 371 Å². The molecule has 296 valence electrons. The molecule has 8 bridgehead atoms. The summed E-state index contributed by atoms with van der Waals surface area (Å²) in [5.74, 6) is 0. The van der Waals surface area contributed by atoms with Gasteiger partial charge in [-0.05, 0) is 57.7 Å². The molecule has 4 heteroatoms. The van der Waals surface area contributed by atoms with E-state index in [0.29, 0.717) is 0 Å². The van der Waals surface area contributed by atoms with Crippen molar-refractivity contribution in [2.24, 2.45) is 20.0 Å². The summed E-state index contributed by atoms with van der Waals surface area (Å²) in [5.41, 5.74) is 24.4. The third kappa shape index (κ3) is 5.70. The summed E-state index contributed by atoms with van der Waals surface area (Å²) in [5, 5.41) is 0. The largest absolute Gasteiger partial charge is 0.248 e. The van der Waals surface area contributed by atoms with Crippen LogP contribution in [0.25, 0.3) is 67.3 Å². The molecule has 5 aliphatic heterocycles. The van der Waals surface area contributed by atoms with Gasteiger partial charge in [-0.1, -0.05) is 194 Å². The van der Waals surface area contributed by atoms with E-state index in [4.69, 9.17) is 20.0 Å². The Kier molecular flexibility index (Phi) is 8.18. The molecule has 64 heavy (non-hydrogen) atoms.